The number of nitrogens with zero attached hydrogens (tertiary/aromatic N) is 4. The zero-order valence-electron chi connectivity index (χ0n) is 14.6. The van der Waals surface area contributed by atoms with Crippen LogP contribution in [0.2, 0.25) is 0 Å². The standard InChI is InChI=1S/C20H18F2N4O/c21-14-7-5-13(6-8-14)9-25-10-17-19(11-25)27-12-18-20(23-24-26(17)18)15-3-1-2-4-16(15)22/h1-8,17,19H,9-12H2/t17-,19-/m0/s1. The summed E-state index contributed by atoms with van der Waals surface area (Å²) in [6.45, 7) is 2.62. The topological polar surface area (TPSA) is 43.2 Å². The fourth-order valence-electron chi connectivity index (χ4n) is 3.97. The van der Waals surface area contributed by atoms with Crippen LogP contribution in [0.5, 0.6) is 0 Å². The molecule has 27 heavy (non-hydrogen) atoms. The summed E-state index contributed by atoms with van der Waals surface area (Å²) in [5, 5.41) is 8.55. The third-order valence-corrected chi connectivity index (χ3v) is 5.30. The number of benzene rings is 2. The molecule has 3 heterocycles. The lowest BCUT2D eigenvalue weighted by Gasteiger charge is -2.26. The summed E-state index contributed by atoms with van der Waals surface area (Å²) in [6, 6.07) is 13.2. The van der Waals surface area contributed by atoms with Crippen molar-refractivity contribution in [2.45, 2.75) is 25.3 Å². The van der Waals surface area contributed by atoms with Crippen molar-refractivity contribution in [3.05, 3.63) is 71.4 Å². The van der Waals surface area contributed by atoms with Crippen LogP contribution in [0, 0.1) is 11.6 Å². The van der Waals surface area contributed by atoms with Crippen LogP contribution < -0.4 is 0 Å². The summed E-state index contributed by atoms with van der Waals surface area (Å²) in [7, 11) is 0. The molecule has 0 saturated carbocycles. The van der Waals surface area contributed by atoms with Gasteiger partial charge in [-0.2, -0.15) is 0 Å². The van der Waals surface area contributed by atoms with E-state index in [1.165, 1.54) is 18.2 Å². The molecule has 0 N–H and O–H groups in total. The van der Waals surface area contributed by atoms with Gasteiger partial charge in [0, 0.05) is 25.2 Å². The molecule has 0 bridgehead atoms. The molecule has 2 atom stereocenters. The molecule has 0 unspecified atom stereocenters. The Morgan fingerprint density at radius 1 is 1.04 bits per heavy atom. The highest BCUT2D eigenvalue weighted by atomic mass is 19.1. The van der Waals surface area contributed by atoms with Crippen LogP contribution in [-0.2, 0) is 17.9 Å². The molecule has 2 aliphatic rings. The van der Waals surface area contributed by atoms with Gasteiger partial charge in [0.15, 0.2) is 0 Å². The van der Waals surface area contributed by atoms with Crippen LogP contribution in [0.25, 0.3) is 11.3 Å². The molecule has 3 aromatic rings. The molecule has 2 aliphatic heterocycles. The van der Waals surface area contributed by atoms with Gasteiger partial charge in [-0.15, -0.1) is 5.10 Å². The largest absolute Gasteiger partial charge is 0.368 e. The molecule has 0 aliphatic carbocycles. The summed E-state index contributed by atoms with van der Waals surface area (Å²) in [6.07, 6.45) is 0.0214. The summed E-state index contributed by atoms with van der Waals surface area (Å²) in [5.74, 6) is -0.544. The van der Waals surface area contributed by atoms with Crippen molar-refractivity contribution in [2.24, 2.45) is 0 Å². The highest BCUT2D eigenvalue weighted by Gasteiger charge is 2.40. The van der Waals surface area contributed by atoms with Crippen LogP contribution >= 0.6 is 0 Å². The number of hydrogen-bond acceptors (Lipinski definition) is 4. The van der Waals surface area contributed by atoms with Gasteiger partial charge < -0.3 is 4.74 Å². The lowest BCUT2D eigenvalue weighted by molar-refractivity contribution is -0.00494. The fourth-order valence-corrected chi connectivity index (χ4v) is 3.97. The maximum Gasteiger partial charge on any atom is 0.132 e. The molecule has 1 saturated heterocycles. The van der Waals surface area contributed by atoms with Gasteiger partial charge in [0.05, 0.1) is 24.4 Å². The van der Waals surface area contributed by atoms with Gasteiger partial charge in [0.2, 0.25) is 0 Å². The average Bonchev–Trinajstić information content (AvgIpc) is 3.27. The van der Waals surface area contributed by atoms with Gasteiger partial charge in [-0.25, -0.2) is 13.5 Å². The first-order chi connectivity index (χ1) is 13.2. The minimum atomic E-state index is -0.313. The quantitative estimate of drug-likeness (QED) is 0.712. The Morgan fingerprint density at radius 2 is 1.85 bits per heavy atom. The van der Waals surface area contributed by atoms with E-state index >= 15 is 0 Å². The number of rotatable bonds is 3. The third-order valence-electron chi connectivity index (χ3n) is 5.30. The molecule has 7 heteroatoms. The van der Waals surface area contributed by atoms with E-state index in [2.05, 4.69) is 15.2 Å². The Kier molecular flexibility index (Phi) is 3.98. The first kappa shape index (κ1) is 16.5. The Bertz CT molecular complexity index is 972. The summed E-state index contributed by atoms with van der Waals surface area (Å²) in [4.78, 5) is 2.27. The van der Waals surface area contributed by atoms with Crippen molar-refractivity contribution >= 4 is 0 Å². The van der Waals surface area contributed by atoms with E-state index in [0.29, 0.717) is 17.9 Å². The van der Waals surface area contributed by atoms with Crippen LogP contribution in [-0.4, -0.2) is 39.1 Å². The van der Waals surface area contributed by atoms with Gasteiger partial charge in [0.25, 0.3) is 0 Å². The van der Waals surface area contributed by atoms with E-state index in [1.54, 1.807) is 30.3 Å². The number of hydrogen-bond donors (Lipinski definition) is 0. The normalized spacial score (nSPS) is 21.9. The van der Waals surface area contributed by atoms with E-state index < -0.39 is 0 Å². The third kappa shape index (κ3) is 2.93. The van der Waals surface area contributed by atoms with Crippen LogP contribution in [0.1, 0.15) is 17.3 Å². The summed E-state index contributed by atoms with van der Waals surface area (Å²) < 4.78 is 35.2. The maximum atomic E-state index is 14.2. The molecule has 5 nitrogen and oxygen atoms in total. The van der Waals surface area contributed by atoms with Crippen LogP contribution in [0.15, 0.2) is 48.5 Å². The van der Waals surface area contributed by atoms with Gasteiger partial charge in [-0.05, 0) is 29.8 Å². The zero-order chi connectivity index (χ0) is 18.4. The van der Waals surface area contributed by atoms with E-state index in [1.807, 2.05) is 4.68 Å². The number of aromatic nitrogens is 3. The molecule has 1 aromatic heterocycles. The fraction of sp³-hybridized carbons (Fsp3) is 0.300. The zero-order valence-corrected chi connectivity index (χ0v) is 14.6. The molecule has 2 aromatic carbocycles. The number of halogens is 2. The van der Waals surface area contributed by atoms with E-state index in [-0.39, 0.29) is 23.8 Å². The van der Waals surface area contributed by atoms with E-state index in [4.69, 9.17) is 4.74 Å². The molecule has 0 radical (unpaired) electrons. The van der Waals surface area contributed by atoms with Crippen molar-refractivity contribution in [3.63, 3.8) is 0 Å². The monoisotopic (exact) mass is 368 g/mol. The highest BCUT2D eigenvalue weighted by Crippen LogP contribution is 2.35. The van der Waals surface area contributed by atoms with Crippen molar-refractivity contribution in [1.82, 2.24) is 19.9 Å². The summed E-state index contributed by atoms with van der Waals surface area (Å²) >= 11 is 0. The first-order valence-electron chi connectivity index (χ1n) is 8.96. The van der Waals surface area contributed by atoms with E-state index in [0.717, 1.165) is 30.9 Å². The van der Waals surface area contributed by atoms with Gasteiger partial charge in [-0.1, -0.05) is 29.5 Å². The predicted molar refractivity (Wildman–Crippen MR) is 94.7 cm³/mol. The van der Waals surface area contributed by atoms with Gasteiger partial charge >= 0.3 is 0 Å². The van der Waals surface area contributed by atoms with Crippen molar-refractivity contribution < 1.29 is 13.5 Å². The average molecular weight is 368 g/mol. The molecule has 0 spiro atoms. The van der Waals surface area contributed by atoms with Gasteiger partial charge in [-0.3, -0.25) is 4.90 Å². The number of likely N-dealkylation sites (tertiary alicyclic amines) is 1. The lowest BCUT2D eigenvalue weighted by atomic mass is 10.1. The summed E-state index contributed by atoms with van der Waals surface area (Å²) in [5.41, 5.74) is 2.86. The SMILES string of the molecule is Fc1ccc(CN2C[C@@H]3OCc4c(-c5ccccc5F)nnn4[C@H]3C2)cc1. The molecular formula is C20H18F2N4O. The Morgan fingerprint density at radius 3 is 2.67 bits per heavy atom. The second-order valence-corrected chi connectivity index (χ2v) is 7.05. The van der Waals surface area contributed by atoms with Crippen molar-refractivity contribution in [1.29, 1.82) is 0 Å². The molecular weight excluding hydrogens is 350 g/mol. The van der Waals surface area contributed by atoms with Crippen LogP contribution in [0.3, 0.4) is 0 Å². The smallest absolute Gasteiger partial charge is 0.132 e. The molecule has 138 valence electrons. The Balaban J connectivity index is 1.39. The lowest BCUT2D eigenvalue weighted by Crippen LogP contribution is -2.32. The predicted octanol–water partition coefficient (Wildman–Crippen LogP) is 3.18. The van der Waals surface area contributed by atoms with Crippen molar-refractivity contribution in [2.75, 3.05) is 13.1 Å². The number of fused-ring (bicyclic) bond motifs is 3. The maximum absolute atomic E-state index is 14.2. The van der Waals surface area contributed by atoms with Gasteiger partial charge in [0.1, 0.15) is 17.3 Å². The molecule has 1 fully saturated rings. The first-order valence-corrected chi connectivity index (χ1v) is 8.96. The van der Waals surface area contributed by atoms with E-state index in [9.17, 15) is 8.78 Å². The van der Waals surface area contributed by atoms with Crippen LogP contribution in [0.4, 0.5) is 8.78 Å². The highest BCUT2D eigenvalue weighted by molar-refractivity contribution is 5.62. The molecule has 5 rings (SSSR count). The number of ether oxygens (including phenoxy) is 1. The van der Waals surface area contributed by atoms with Crippen molar-refractivity contribution in [3.8, 4) is 11.3 Å². The second-order valence-electron chi connectivity index (χ2n) is 7.05. The Labute approximate surface area is 155 Å². The molecule has 0 amide bonds. The second kappa shape index (κ2) is 6.51. The minimum Gasteiger partial charge on any atom is -0.368 e. The minimum absolute atomic E-state index is 0.0214. The Hall–Kier alpha value is -2.64.